The summed E-state index contributed by atoms with van der Waals surface area (Å²) in [4.78, 5) is 13.1. The lowest BCUT2D eigenvalue weighted by molar-refractivity contribution is -0.137. The molecule has 0 aromatic rings. The molecule has 3 heteroatoms. The second-order valence-electron chi connectivity index (χ2n) is 6.07. The number of rotatable bonds is 6. The molecule has 0 aromatic heterocycles. The Morgan fingerprint density at radius 1 is 1.35 bits per heavy atom. The number of carbonyl (C=O) groups is 1. The van der Waals surface area contributed by atoms with Crippen LogP contribution in [0.2, 0.25) is 0 Å². The first-order valence-electron chi connectivity index (χ1n) is 7.05. The van der Waals surface area contributed by atoms with Crippen molar-refractivity contribution in [2.45, 2.75) is 64.5 Å². The van der Waals surface area contributed by atoms with E-state index in [1.807, 2.05) is 0 Å². The third kappa shape index (κ3) is 3.01. The van der Waals surface area contributed by atoms with Gasteiger partial charge in [-0.15, -0.1) is 0 Å². The summed E-state index contributed by atoms with van der Waals surface area (Å²) in [7, 11) is 0. The highest BCUT2D eigenvalue weighted by atomic mass is 16.4. The molecule has 2 aliphatic rings. The Labute approximate surface area is 104 Å². The van der Waals surface area contributed by atoms with Crippen molar-refractivity contribution in [2.24, 2.45) is 11.8 Å². The van der Waals surface area contributed by atoms with Gasteiger partial charge in [0.25, 0.3) is 0 Å². The van der Waals surface area contributed by atoms with Crippen molar-refractivity contribution in [2.75, 3.05) is 6.54 Å². The number of fused-ring (bicyclic) bond motifs is 2. The van der Waals surface area contributed by atoms with Gasteiger partial charge in [-0.2, -0.15) is 0 Å². The molecular weight excluding hydrogens is 214 g/mol. The van der Waals surface area contributed by atoms with Crippen LogP contribution in [0.1, 0.15) is 52.4 Å². The van der Waals surface area contributed by atoms with E-state index in [2.05, 4.69) is 18.7 Å². The Bertz CT molecular complexity index is 277. The molecule has 0 saturated heterocycles. The van der Waals surface area contributed by atoms with Gasteiger partial charge in [-0.05, 0) is 57.9 Å². The van der Waals surface area contributed by atoms with E-state index in [9.17, 15) is 4.79 Å². The third-order valence-electron chi connectivity index (χ3n) is 4.60. The molecule has 0 aromatic carbocycles. The monoisotopic (exact) mass is 239 g/mol. The van der Waals surface area contributed by atoms with Crippen molar-refractivity contribution in [3.63, 3.8) is 0 Å². The van der Waals surface area contributed by atoms with E-state index in [0.717, 1.165) is 30.8 Å². The normalized spacial score (nSPS) is 31.6. The molecule has 2 saturated carbocycles. The highest BCUT2D eigenvalue weighted by Crippen LogP contribution is 2.47. The third-order valence-corrected chi connectivity index (χ3v) is 4.60. The van der Waals surface area contributed by atoms with Gasteiger partial charge in [-0.1, -0.05) is 6.42 Å². The molecule has 3 unspecified atom stereocenters. The lowest BCUT2D eigenvalue weighted by Crippen LogP contribution is -2.44. The first kappa shape index (κ1) is 12.9. The van der Waals surface area contributed by atoms with Crippen molar-refractivity contribution >= 4 is 5.97 Å². The van der Waals surface area contributed by atoms with Crippen LogP contribution in [-0.2, 0) is 4.79 Å². The summed E-state index contributed by atoms with van der Waals surface area (Å²) in [6, 6.07) is 1.29. The molecule has 0 heterocycles. The largest absolute Gasteiger partial charge is 0.481 e. The Morgan fingerprint density at radius 3 is 2.59 bits per heavy atom. The Balaban J connectivity index is 1.86. The number of aliphatic carboxylic acids is 1. The maximum Gasteiger partial charge on any atom is 0.303 e. The number of hydrogen-bond donors (Lipinski definition) is 1. The van der Waals surface area contributed by atoms with Gasteiger partial charge in [-0.25, -0.2) is 0 Å². The van der Waals surface area contributed by atoms with Gasteiger partial charge in [-0.3, -0.25) is 9.69 Å². The first-order chi connectivity index (χ1) is 8.08. The van der Waals surface area contributed by atoms with Gasteiger partial charge in [0.2, 0.25) is 0 Å². The van der Waals surface area contributed by atoms with Crippen LogP contribution in [0, 0.1) is 11.8 Å². The zero-order valence-electron chi connectivity index (χ0n) is 11.1. The van der Waals surface area contributed by atoms with Crippen molar-refractivity contribution in [1.29, 1.82) is 0 Å². The van der Waals surface area contributed by atoms with Crippen molar-refractivity contribution in [1.82, 2.24) is 4.90 Å². The van der Waals surface area contributed by atoms with Crippen LogP contribution in [0.4, 0.5) is 0 Å². The number of carboxylic acid groups (broad SMARTS) is 1. The molecule has 98 valence electrons. The lowest BCUT2D eigenvalue weighted by Gasteiger charge is -2.37. The predicted octanol–water partition coefficient (Wildman–Crippen LogP) is 2.75. The fourth-order valence-corrected chi connectivity index (χ4v) is 3.84. The first-order valence-corrected chi connectivity index (χ1v) is 7.05. The summed E-state index contributed by atoms with van der Waals surface area (Å²) in [6.45, 7) is 5.44. The zero-order valence-corrected chi connectivity index (χ0v) is 11.1. The molecule has 2 aliphatic carbocycles. The smallest absolute Gasteiger partial charge is 0.303 e. The molecule has 3 atom stereocenters. The maximum atomic E-state index is 10.6. The molecule has 3 nitrogen and oxygen atoms in total. The average Bonchev–Trinajstić information content (AvgIpc) is 2.84. The van der Waals surface area contributed by atoms with E-state index in [4.69, 9.17) is 5.11 Å². The molecule has 2 bridgehead atoms. The summed E-state index contributed by atoms with van der Waals surface area (Å²) in [5.74, 6) is 1.19. The molecule has 17 heavy (non-hydrogen) atoms. The van der Waals surface area contributed by atoms with Crippen molar-refractivity contribution in [3.8, 4) is 0 Å². The predicted molar refractivity (Wildman–Crippen MR) is 67.9 cm³/mol. The SMILES string of the molecule is CC(C)N(CCCC(=O)O)C1CC2CCC1C2. The molecule has 2 rings (SSSR count). The van der Waals surface area contributed by atoms with E-state index in [1.165, 1.54) is 25.7 Å². The minimum Gasteiger partial charge on any atom is -0.481 e. The maximum absolute atomic E-state index is 10.6. The van der Waals surface area contributed by atoms with Crippen LogP contribution in [0.5, 0.6) is 0 Å². The van der Waals surface area contributed by atoms with Gasteiger partial charge in [0.15, 0.2) is 0 Å². The fraction of sp³-hybridized carbons (Fsp3) is 0.929. The van der Waals surface area contributed by atoms with Crippen molar-refractivity contribution in [3.05, 3.63) is 0 Å². The van der Waals surface area contributed by atoms with Gasteiger partial charge >= 0.3 is 5.97 Å². The van der Waals surface area contributed by atoms with E-state index in [0.29, 0.717) is 12.5 Å². The highest BCUT2D eigenvalue weighted by molar-refractivity contribution is 5.66. The van der Waals surface area contributed by atoms with Gasteiger partial charge in [0.1, 0.15) is 0 Å². The Kier molecular flexibility index (Phi) is 4.08. The summed E-state index contributed by atoms with van der Waals surface area (Å²) in [5.41, 5.74) is 0. The van der Waals surface area contributed by atoms with Gasteiger partial charge < -0.3 is 5.11 Å². The summed E-state index contributed by atoms with van der Waals surface area (Å²) in [6.07, 6.45) is 6.72. The van der Waals surface area contributed by atoms with Gasteiger partial charge in [0.05, 0.1) is 0 Å². The number of carboxylic acids is 1. The van der Waals surface area contributed by atoms with Crippen LogP contribution < -0.4 is 0 Å². The van der Waals surface area contributed by atoms with E-state index < -0.39 is 5.97 Å². The summed E-state index contributed by atoms with van der Waals surface area (Å²) >= 11 is 0. The molecular formula is C14H25NO2. The number of nitrogens with zero attached hydrogens (tertiary/aromatic N) is 1. The molecule has 0 aliphatic heterocycles. The van der Waals surface area contributed by atoms with E-state index in [1.54, 1.807) is 0 Å². The van der Waals surface area contributed by atoms with Crippen LogP contribution >= 0.6 is 0 Å². The average molecular weight is 239 g/mol. The standard InChI is InChI=1S/C14H25NO2/c1-10(2)15(7-3-4-14(16)17)13-9-11-5-6-12(13)8-11/h10-13H,3-9H2,1-2H3,(H,16,17). The molecule has 2 fully saturated rings. The lowest BCUT2D eigenvalue weighted by atomic mass is 9.93. The van der Waals surface area contributed by atoms with Crippen molar-refractivity contribution < 1.29 is 9.90 Å². The zero-order chi connectivity index (χ0) is 12.4. The van der Waals surface area contributed by atoms with Crippen LogP contribution in [0.3, 0.4) is 0 Å². The number of hydrogen-bond acceptors (Lipinski definition) is 2. The molecule has 1 N–H and O–H groups in total. The minimum atomic E-state index is -0.665. The summed E-state index contributed by atoms with van der Waals surface area (Å²) in [5, 5.41) is 8.72. The van der Waals surface area contributed by atoms with Crippen LogP contribution in [0.25, 0.3) is 0 Å². The molecule has 0 radical (unpaired) electrons. The quantitative estimate of drug-likeness (QED) is 0.775. The van der Waals surface area contributed by atoms with E-state index >= 15 is 0 Å². The molecule has 0 spiro atoms. The second-order valence-corrected chi connectivity index (χ2v) is 6.07. The summed E-state index contributed by atoms with van der Waals surface area (Å²) < 4.78 is 0. The second kappa shape index (κ2) is 5.38. The highest BCUT2D eigenvalue weighted by Gasteiger charge is 2.42. The van der Waals surface area contributed by atoms with Gasteiger partial charge in [0, 0.05) is 18.5 Å². The van der Waals surface area contributed by atoms with E-state index in [-0.39, 0.29) is 0 Å². The fourth-order valence-electron chi connectivity index (χ4n) is 3.84. The topological polar surface area (TPSA) is 40.5 Å². The molecule has 0 amide bonds. The minimum absolute atomic E-state index is 0.310. The Morgan fingerprint density at radius 2 is 2.12 bits per heavy atom. The van der Waals surface area contributed by atoms with Crippen LogP contribution in [-0.4, -0.2) is 34.6 Å². The van der Waals surface area contributed by atoms with Crippen LogP contribution in [0.15, 0.2) is 0 Å². The Hall–Kier alpha value is -0.570.